The molecule has 0 aliphatic rings. The Morgan fingerprint density at radius 2 is 1.76 bits per heavy atom. The van der Waals surface area contributed by atoms with E-state index in [-0.39, 0.29) is 17.1 Å². The maximum atomic E-state index is 13.0. The lowest BCUT2D eigenvalue weighted by molar-refractivity contribution is -0.137. The van der Waals surface area contributed by atoms with Crippen molar-refractivity contribution in [2.24, 2.45) is 5.73 Å². The molecule has 0 aliphatic carbocycles. The Labute approximate surface area is 146 Å². The summed E-state index contributed by atoms with van der Waals surface area (Å²) in [5.74, 6) is -1.47. The second kappa shape index (κ2) is 7.43. The number of para-hydroxylation sites is 2. The first-order chi connectivity index (χ1) is 11.7. The summed E-state index contributed by atoms with van der Waals surface area (Å²) < 4.78 is 39.0. The summed E-state index contributed by atoms with van der Waals surface area (Å²) in [4.78, 5) is 23.3. The van der Waals surface area contributed by atoms with Crippen LogP contribution in [0.3, 0.4) is 0 Å². The van der Waals surface area contributed by atoms with E-state index in [1.165, 1.54) is 18.2 Å². The third kappa shape index (κ3) is 4.63. The molecule has 0 atom stereocenters. The highest BCUT2D eigenvalue weighted by atomic mass is 35.5. The molecule has 0 radical (unpaired) electrons. The van der Waals surface area contributed by atoms with Crippen molar-refractivity contribution in [2.75, 3.05) is 17.2 Å². The number of carbonyl (C=O) groups is 2. The first kappa shape index (κ1) is 18.6. The molecule has 2 aromatic rings. The molecule has 132 valence electrons. The minimum absolute atomic E-state index is 0.157. The second-order valence-corrected chi connectivity index (χ2v) is 5.38. The molecule has 0 aromatic heterocycles. The molecule has 0 aliphatic heterocycles. The number of amides is 2. The lowest BCUT2D eigenvalue weighted by Gasteiger charge is -2.16. The maximum Gasteiger partial charge on any atom is 0.418 e. The minimum Gasteiger partial charge on any atom is -0.376 e. The van der Waals surface area contributed by atoms with Crippen LogP contribution < -0.4 is 16.4 Å². The smallest absolute Gasteiger partial charge is 0.376 e. The minimum atomic E-state index is -4.67. The third-order valence-electron chi connectivity index (χ3n) is 3.22. The zero-order valence-electron chi connectivity index (χ0n) is 12.7. The van der Waals surface area contributed by atoms with Crippen molar-refractivity contribution >= 4 is 34.8 Å². The molecule has 4 N–H and O–H groups in total. The topological polar surface area (TPSA) is 84.2 Å². The van der Waals surface area contributed by atoms with Crippen LogP contribution in [0.25, 0.3) is 0 Å². The van der Waals surface area contributed by atoms with Crippen molar-refractivity contribution < 1.29 is 22.8 Å². The third-order valence-corrected chi connectivity index (χ3v) is 3.53. The summed E-state index contributed by atoms with van der Waals surface area (Å²) in [5, 5.41) is 4.55. The van der Waals surface area contributed by atoms with Crippen molar-refractivity contribution in [3.8, 4) is 0 Å². The molecule has 0 heterocycles. The van der Waals surface area contributed by atoms with Crippen LogP contribution in [0.5, 0.6) is 0 Å². The van der Waals surface area contributed by atoms with Gasteiger partial charge < -0.3 is 16.4 Å². The predicted octanol–water partition coefficient (Wildman–Crippen LogP) is 3.51. The van der Waals surface area contributed by atoms with Gasteiger partial charge >= 0.3 is 6.18 Å². The van der Waals surface area contributed by atoms with Gasteiger partial charge in [-0.15, -0.1) is 0 Å². The predicted molar refractivity (Wildman–Crippen MR) is 88.5 cm³/mol. The summed E-state index contributed by atoms with van der Waals surface area (Å²) in [7, 11) is 0. The molecule has 0 spiro atoms. The lowest BCUT2D eigenvalue weighted by atomic mass is 10.1. The summed E-state index contributed by atoms with van der Waals surface area (Å²) in [6.45, 7) is -0.382. The van der Waals surface area contributed by atoms with E-state index in [0.717, 1.165) is 12.1 Å². The number of rotatable bonds is 5. The number of alkyl halides is 3. The summed E-state index contributed by atoms with van der Waals surface area (Å²) in [5.41, 5.74) is 4.09. The standard InChI is InChI=1S/C16H13ClF3N3O2/c17-11-6-3-5-10(16(18,19)20)14(11)23-13(24)8-22-12-7-2-1-4-9(12)15(21)25/h1-7,22H,8H2,(H2,21,25)(H,23,24). The van der Waals surface area contributed by atoms with Crippen LogP contribution in [0.2, 0.25) is 5.02 Å². The van der Waals surface area contributed by atoms with Crippen molar-refractivity contribution in [2.45, 2.75) is 6.18 Å². The first-order valence-corrected chi connectivity index (χ1v) is 7.36. The number of nitrogens with one attached hydrogen (secondary N) is 2. The quantitative estimate of drug-likeness (QED) is 0.752. The fourth-order valence-corrected chi connectivity index (χ4v) is 2.32. The highest BCUT2D eigenvalue weighted by Crippen LogP contribution is 2.38. The van der Waals surface area contributed by atoms with Gasteiger partial charge in [0.05, 0.1) is 28.4 Å². The molecule has 0 bridgehead atoms. The molecule has 25 heavy (non-hydrogen) atoms. The van der Waals surface area contributed by atoms with Crippen LogP contribution >= 0.6 is 11.6 Å². The average Bonchev–Trinajstić information content (AvgIpc) is 2.54. The normalized spacial score (nSPS) is 11.0. The van der Waals surface area contributed by atoms with E-state index in [1.54, 1.807) is 12.1 Å². The van der Waals surface area contributed by atoms with Crippen molar-refractivity contribution in [1.82, 2.24) is 0 Å². The molecule has 2 rings (SSSR count). The number of nitrogens with two attached hydrogens (primary N) is 1. The molecular weight excluding hydrogens is 359 g/mol. The van der Waals surface area contributed by atoms with Crippen LogP contribution in [0.1, 0.15) is 15.9 Å². The van der Waals surface area contributed by atoms with Gasteiger partial charge in [0.1, 0.15) is 0 Å². The SMILES string of the molecule is NC(=O)c1ccccc1NCC(=O)Nc1c(Cl)cccc1C(F)(F)F. The van der Waals surface area contributed by atoms with Gasteiger partial charge in [0.2, 0.25) is 5.91 Å². The monoisotopic (exact) mass is 371 g/mol. The number of primary amides is 1. The van der Waals surface area contributed by atoms with Crippen molar-refractivity contribution in [3.63, 3.8) is 0 Å². The molecule has 0 saturated heterocycles. The molecular formula is C16H13ClF3N3O2. The highest BCUT2D eigenvalue weighted by molar-refractivity contribution is 6.34. The zero-order chi connectivity index (χ0) is 18.6. The van der Waals surface area contributed by atoms with E-state index < -0.39 is 29.2 Å². The number of hydrogen-bond donors (Lipinski definition) is 3. The number of halogens is 4. The van der Waals surface area contributed by atoms with Gasteiger partial charge in [-0.3, -0.25) is 9.59 Å². The number of anilines is 2. The Balaban J connectivity index is 2.14. The molecule has 0 saturated carbocycles. The second-order valence-electron chi connectivity index (χ2n) is 4.97. The number of benzene rings is 2. The van der Waals surface area contributed by atoms with Gasteiger partial charge in [0.25, 0.3) is 5.91 Å². The van der Waals surface area contributed by atoms with Crippen LogP contribution in [-0.2, 0) is 11.0 Å². The first-order valence-electron chi connectivity index (χ1n) is 6.98. The summed E-state index contributed by atoms with van der Waals surface area (Å²) in [6.07, 6.45) is -4.67. The Morgan fingerprint density at radius 1 is 1.08 bits per heavy atom. The Bertz CT molecular complexity index is 809. The maximum absolute atomic E-state index is 13.0. The Hall–Kier alpha value is -2.74. The molecule has 9 heteroatoms. The molecule has 2 aromatic carbocycles. The van der Waals surface area contributed by atoms with E-state index in [2.05, 4.69) is 10.6 Å². The molecule has 0 unspecified atom stereocenters. The average molecular weight is 372 g/mol. The fourth-order valence-electron chi connectivity index (χ4n) is 2.10. The van der Waals surface area contributed by atoms with Gasteiger partial charge in [-0.05, 0) is 24.3 Å². The van der Waals surface area contributed by atoms with E-state index in [1.807, 2.05) is 0 Å². The van der Waals surface area contributed by atoms with E-state index >= 15 is 0 Å². The van der Waals surface area contributed by atoms with Gasteiger partial charge in [-0.2, -0.15) is 13.2 Å². The molecule has 2 amide bonds. The fraction of sp³-hybridized carbons (Fsp3) is 0.125. The van der Waals surface area contributed by atoms with Crippen LogP contribution in [0.15, 0.2) is 42.5 Å². The van der Waals surface area contributed by atoms with Gasteiger partial charge in [0, 0.05) is 5.69 Å². The van der Waals surface area contributed by atoms with Gasteiger partial charge in [-0.1, -0.05) is 29.8 Å². The summed E-state index contributed by atoms with van der Waals surface area (Å²) in [6, 6.07) is 9.37. The van der Waals surface area contributed by atoms with Crippen molar-refractivity contribution in [1.29, 1.82) is 0 Å². The van der Waals surface area contributed by atoms with Crippen LogP contribution in [-0.4, -0.2) is 18.4 Å². The van der Waals surface area contributed by atoms with E-state index in [9.17, 15) is 22.8 Å². The Morgan fingerprint density at radius 3 is 2.40 bits per heavy atom. The Kier molecular flexibility index (Phi) is 5.53. The van der Waals surface area contributed by atoms with Gasteiger partial charge in [-0.25, -0.2) is 0 Å². The lowest BCUT2D eigenvalue weighted by Crippen LogP contribution is -2.25. The zero-order valence-corrected chi connectivity index (χ0v) is 13.4. The van der Waals surface area contributed by atoms with E-state index in [0.29, 0.717) is 5.69 Å². The van der Waals surface area contributed by atoms with Crippen LogP contribution in [0, 0.1) is 0 Å². The van der Waals surface area contributed by atoms with Crippen molar-refractivity contribution in [3.05, 3.63) is 58.6 Å². The molecule has 5 nitrogen and oxygen atoms in total. The highest BCUT2D eigenvalue weighted by Gasteiger charge is 2.34. The number of carbonyl (C=O) groups excluding carboxylic acids is 2. The largest absolute Gasteiger partial charge is 0.418 e. The number of hydrogen-bond acceptors (Lipinski definition) is 3. The summed E-state index contributed by atoms with van der Waals surface area (Å²) >= 11 is 5.77. The van der Waals surface area contributed by atoms with Crippen LogP contribution in [0.4, 0.5) is 24.5 Å². The molecule has 0 fully saturated rings. The van der Waals surface area contributed by atoms with E-state index in [4.69, 9.17) is 17.3 Å². The van der Waals surface area contributed by atoms with Gasteiger partial charge in [0.15, 0.2) is 0 Å².